The first-order chi connectivity index (χ1) is 9.20. The van der Waals surface area contributed by atoms with Crippen LogP contribution in [0.5, 0.6) is 0 Å². The van der Waals surface area contributed by atoms with Crippen LogP contribution in [0.3, 0.4) is 0 Å². The van der Waals surface area contributed by atoms with Crippen molar-refractivity contribution in [3.05, 3.63) is 44.5 Å². The fourth-order valence-corrected chi connectivity index (χ4v) is 3.92. The van der Waals surface area contributed by atoms with E-state index in [1.165, 1.54) is 49.7 Å². The minimum absolute atomic E-state index is 0.583. The van der Waals surface area contributed by atoms with Gasteiger partial charge in [0.1, 0.15) is 0 Å². The molecule has 108 valence electrons. The van der Waals surface area contributed by atoms with E-state index in [1.807, 2.05) is 0 Å². The normalized spacial score (nSPS) is 11.7. The van der Waals surface area contributed by atoms with E-state index in [9.17, 15) is 0 Å². The van der Waals surface area contributed by atoms with E-state index >= 15 is 0 Å². The van der Waals surface area contributed by atoms with Gasteiger partial charge in [-0.25, -0.2) is 0 Å². The van der Waals surface area contributed by atoms with Gasteiger partial charge >= 0.3 is 0 Å². The van der Waals surface area contributed by atoms with Crippen LogP contribution in [-0.2, 0) is 0 Å². The molecule has 0 heterocycles. The third-order valence-electron chi connectivity index (χ3n) is 5.39. The lowest BCUT2D eigenvalue weighted by molar-refractivity contribution is 0.846. The molecule has 0 nitrogen and oxygen atoms in total. The van der Waals surface area contributed by atoms with Crippen LogP contribution in [-0.4, -0.2) is 0 Å². The summed E-state index contributed by atoms with van der Waals surface area (Å²) in [5.74, 6) is 0.583. The molecule has 0 N–H and O–H groups in total. The van der Waals surface area contributed by atoms with E-state index < -0.39 is 0 Å². The van der Waals surface area contributed by atoms with Gasteiger partial charge < -0.3 is 0 Å². The molecule has 0 spiro atoms. The highest BCUT2D eigenvalue weighted by molar-refractivity contribution is 5.97. The first kappa shape index (κ1) is 15.1. The molecule has 0 aliphatic rings. The average molecular weight is 268 g/mol. The highest BCUT2D eigenvalue weighted by Gasteiger charge is 2.19. The van der Waals surface area contributed by atoms with E-state index in [2.05, 4.69) is 62.3 Å². The third kappa shape index (κ3) is 1.89. The Morgan fingerprint density at radius 3 is 1.20 bits per heavy atom. The van der Waals surface area contributed by atoms with Gasteiger partial charge in [-0.2, -0.15) is 0 Å². The smallest absolute Gasteiger partial charge is 0.0114 e. The predicted octanol–water partition coefficient (Wildman–Crippen LogP) is 6.12. The monoisotopic (exact) mass is 268 g/mol. The van der Waals surface area contributed by atoms with Crippen LogP contribution in [0.1, 0.15) is 64.3 Å². The van der Waals surface area contributed by atoms with Gasteiger partial charge in [-0.1, -0.05) is 13.8 Å². The maximum atomic E-state index is 2.31. The van der Waals surface area contributed by atoms with Crippen LogP contribution in [0.25, 0.3) is 10.8 Å². The third-order valence-corrected chi connectivity index (χ3v) is 5.39. The standard InChI is InChI=1S/C20H28/c1-10(2)18-15(7)16(8)19-13(5)11(3)12(4)14(6)20(19)17(18)9/h10H,1-9H3. The van der Waals surface area contributed by atoms with Crippen molar-refractivity contribution in [3.63, 3.8) is 0 Å². The van der Waals surface area contributed by atoms with Gasteiger partial charge in [0.2, 0.25) is 0 Å². The number of fused-ring (bicyclic) bond motifs is 1. The second-order valence-corrected chi connectivity index (χ2v) is 6.69. The minimum Gasteiger partial charge on any atom is -0.0587 e. The number of rotatable bonds is 1. The molecule has 20 heavy (non-hydrogen) atoms. The van der Waals surface area contributed by atoms with Crippen LogP contribution in [0.15, 0.2) is 0 Å². The Bertz CT molecular complexity index is 701. The molecule has 0 saturated carbocycles. The molecule has 0 fully saturated rings. The van der Waals surface area contributed by atoms with Crippen molar-refractivity contribution in [2.45, 2.75) is 68.2 Å². The molecule has 0 aliphatic heterocycles. The lowest BCUT2D eigenvalue weighted by Crippen LogP contribution is -2.05. The van der Waals surface area contributed by atoms with Crippen molar-refractivity contribution in [1.29, 1.82) is 0 Å². The van der Waals surface area contributed by atoms with E-state index in [1.54, 1.807) is 5.56 Å². The molecule has 2 aromatic carbocycles. The Morgan fingerprint density at radius 2 is 0.800 bits per heavy atom. The maximum Gasteiger partial charge on any atom is -0.0114 e. The lowest BCUT2D eigenvalue weighted by atomic mass is 9.81. The van der Waals surface area contributed by atoms with Crippen molar-refractivity contribution in [3.8, 4) is 0 Å². The topological polar surface area (TPSA) is 0 Å². The van der Waals surface area contributed by atoms with Crippen molar-refractivity contribution in [1.82, 2.24) is 0 Å². The van der Waals surface area contributed by atoms with Gasteiger partial charge in [0.05, 0.1) is 0 Å². The Kier molecular flexibility index (Phi) is 3.71. The minimum atomic E-state index is 0.583. The molecule has 0 aromatic heterocycles. The van der Waals surface area contributed by atoms with Crippen LogP contribution < -0.4 is 0 Å². The molecule has 0 aliphatic carbocycles. The molecular weight excluding hydrogens is 240 g/mol. The van der Waals surface area contributed by atoms with E-state index in [0.717, 1.165) is 0 Å². The molecule has 0 atom stereocenters. The van der Waals surface area contributed by atoms with E-state index in [-0.39, 0.29) is 0 Å². The SMILES string of the molecule is Cc1c(C)c(C)c2c(C)c(C(C)C)c(C)c(C)c2c1C. The molecular formula is C20H28. The Balaban J connectivity index is 3.17. The van der Waals surface area contributed by atoms with Crippen LogP contribution in [0.2, 0.25) is 0 Å². The zero-order valence-electron chi connectivity index (χ0n) is 14.6. The molecule has 0 bridgehead atoms. The number of benzene rings is 2. The quantitative estimate of drug-likeness (QED) is 0.584. The van der Waals surface area contributed by atoms with Gasteiger partial charge in [-0.3, -0.25) is 0 Å². The summed E-state index contributed by atoms with van der Waals surface area (Å²) in [7, 11) is 0. The van der Waals surface area contributed by atoms with Crippen LogP contribution in [0, 0.1) is 48.5 Å². The number of hydrogen-bond acceptors (Lipinski definition) is 0. The van der Waals surface area contributed by atoms with Gasteiger partial charge in [0.15, 0.2) is 0 Å². The highest BCUT2D eigenvalue weighted by atomic mass is 14.2. The lowest BCUT2D eigenvalue weighted by Gasteiger charge is -2.24. The number of hydrogen-bond donors (Lipinski definition) is 0. The molecule has 0 amide bonds. The Labute approximate surface area is 124 Å². The summed E-state index contributed by atoms with van der Waals surface area (Å²) in [6.07, 6.45) is 0. The van der Waals surface area contributed by atoms with Crippen molar-refractivity contribution in [2.24, 2.45) is 0 Å². The maximum absolute atomic E-state index is 2.31. The van der Waals surface area contributed by atoms with Gasteiger partial charge in [-0.15, -0.1) is 0 Å². The summed E-state index contributed by atoms with van der Waals surface area (Å²) in [5.41, 5.74) is 11.8. The fourth-order valence-electron chi connectivity index (χ4n) is 3.92. The first-order valence-corrected chi connectivity index (χ1v) is 7.69. The Hall–Kier alpha value is -1.30. The van der Waals surface area contributed by atoms with Crippen molar-refractivity contribution >= 4 is 10.8 Å². The van der Waals surface area contributed by atoms with E-state index in [4.69, 9.17) is 0 Å². The summed E-state index contributed by atoms with van der Waals surface area (Å²) in [6.45, 7) is 20.6. The molecule has 0 saturated heterocycles. The highest BCUT2D eigenvalue weighted by Crippen LogP contribution is 2.39. The summed E-state index contributed by atoms with van der Waals surface area (Å²) in [5, 5.41) is 2.99. The largest absolute Gasteiger partial charge is 0.0587 e. The second kappa shape index (κ2) is 4.91. The summed E-state index contributed by atoms with van der Waals surface area (Å²) >= 11 is 0. The van der Waals surface area contributed by atoms with Gasteiger partial charge in [0, 0.05) is 0 Å². The first-order valence-electron chi connectivity index (χ1n) is 7.69. The van der Waals surface area contributed by atoms with E-state index in [0.29, 0.717) is 5.92 Å². The molecule has 2 aromatic rings. The van der Waals surface area contributed by atoms with Crippen LogP contribution >= 0.6 is 0 Å². The zero-order chi connectivity index (χ0) is 15.4. The summed E-state index contributed by atoms with van der Waals surface area (Å²) in [6, 6.07) is 0. The van der Waals surface area contributed by atoms with Gasteiger partial charge in [-0.05, 0) is 110 Å². The van der Waals surface area contributed by atoms with Crippen molar-refractivity contribution < 1.29 is 0 Å². The Morgan fingerprint density at radius 1 is 0.450 bits per heavy atom. The fraction of sp³-hybridized carbons (Fsp3) is 0.500. The predicted molar refractivity (Wildman–Crippen MR) is 91.2 cm³/mol. The summed E-state index contributed by atoms with van der Waals surface area (Å²) in [4.78, 5) is 0. The molecule has 0 radical (unpaired) electrons. The molecule has 2 rings (SSSR count). The van der Waals surface area contributed by atoms with Crippen LogP contribution in [0.4, 0.5) is 0 Å². The average Bonchev–Trinajstić information content (AvgIpc) is 2.37. The molecule has 0 unspecified atom stereocenters. The summed E-state index contributed by atoms with van der Waals surface area (Å²) < 4.78 is 0. The molecule has 0 heteroatoms. The second-order valence-electron chi connectivity index (χ2n) is 6.69. The zero-order valence-corrected chi connectivity index (χ0v) is 14.6. The van der Waals surface area contributed by atoms with Gasteiger partial charge in [0.25, 0.3) is 0 Å². The number of aryl methyl sites for hydroxylation is 4. The van der Waals surface area contributed by atoms with Crippen molar-refractivity contribution in [2.75, 3.05) is 0 Å².